The van der Waals surface area contributed by atoms with E-state index < -0.39 is 38.1 Å². The van der Waals surface area contributed by atoms with Crippen LogP contribution >= 0.6 is 69.6 Å². The van der Waals surface area contributed by atoms with Crippen LogP contribution in [0.15, 0.2) is 10.1 Å². The standard InChI is InChI=1S/C10H8Cl6O2/c11-6-7(12)9(14)4-2(1-3(17)5(4)18)8(6,13)10(9,15)16/h2-5,17-18H,1H2/t2-,3+,4-,5-,8+,9-/m1/s1. The maximum atomic E-state index is 10.1. The number of allylic oxidation sites excluding steroid dienone is 2. The minimum absolute atomic E-state index is 0.0558. The van der Waals surface area contributed by atoms with Gasteiger partial charge < -0.3 is 10.2 Å². The molecular weight excluding hydrogens is 365 g/mol. The molecule has 2 bridgehead atoms. The third-order valence-corrected chi connectivity index (χ3v) is 8.73. The van der Waals surface area contributed by atoms with E-state index >= 15 is 0 Å². The Labute approximate surface area is 134 Å². The van der Waals surface area contributed by atoms with Crippen molar-refractivity contribution in [3.8, 4) is 0 Å². The Kier molecular flexibility index (Phi) is 3.01. The van der Waals surface area contributed by atoms with Crippen LogP contribution in [-0.4, -0.2) is 36.5 Å². The number of alkyl halides is 4. The second-order valence-corrected chi connectivity index (χ2v) is 8.33. The molecule has 0 unspecified atom stereocenters. The van der Waals surface area contributed by atoms with Crippen molar-refractivity contribution in [2.75, 3.05) is 0 Å². The smallest absolute Gasteiger partial charge is 0.166 e. The van der Waals surface area contributed by atoms with Crippen LogP contribution in [0.4, 0.5) is 0 Å². The average molecular weight is 373 g/mol. The highest BCUT2D eigenvalue weighted by Gasteiger charge is 2.84. The first-order chi connectivity index (χ1) is 8.11. The van der Waals surface area contributed by atoms with Gasteiger partial charge in [0.15, 0.2) is 4.33 Å². The van der Waals surface area contributed by atoms with E-state index in [1.54, 1.807) is 0 Å². The van der Waals surface area contributed by atoms with Crippen molar-refractivity contribution in [1.82, 2.24) is 0 Å². The summed E-state index contributed by atoms with van der Waals surface area (Å²) >= 11 is 37.9. The van der Waals surface area contributed by atoms with Crippen molar-refractivity contribution >= 4 is 69.6 Å². The number of aliphatic hydroxyl groups excluding tert-OH is 2. The molecule has 3 aliphatic rings. The number of rotatable bonds is 0. The highest BCUT2D eigenvalue weighted by atomic mass is 35.5. The van der Waals surface area contributed by atoms with Gasteiger partial charge in [0.25, 0.3) is 0 Å². The molecule has 18 heavy (non-hydrogen) atoms. The van der Waals surface area contributed by atoms with Crippen LogP contribution in [0.5, 0.6) is 0 Å². The van der Waals surface area contributed by atoms with Crippen LogP contribution in [0.3, 0.4) is 0 Å². The molecule has 0 spiro atoms. The zero-order valence-corrected chi connectivity index (χ0v) is 13.2. The molecule has 0 aromatic carbocycles. The maximum absolute atomic E-state index is 10.1. The van der Waals surface area contributed by atoms with Gasteiger partial charge in [-0.2, -0.15) is 0 Å². The fraction of sp³-hybridized carbons (Fsp3) is 0.800. The maximum Gasteiger partial charge on any atom is 0.166 e. The van der Waals surface area contributed by atoms with Crippen molar-refractivity contribution in [2.45, 2.75) is 32.7 Å². The molecule has 8 heteroatoms. The molecule has 2 saturated carbocycles. The highest BCUT2D eigenvalue weighted by molar-refractivity contribution is 6.65. The quantitative estimate of drug-likeness (QED) is 0.641. The van der Waals surface area contributed by atoms with Crippen LogP contribution in [0, 0.1) is 11.8 Å². The predicted octanol–water partition coefficient (Wildman–Crippen LogP) is 3.19. The van der Waals surface area contributed by atoms with Gasteiger partial charge in [-0.05, 0) is 12.3 Å². The van der Waals surface area contributed by atoms with Crippen molar-refractivity contribution in [2.24, 2.45) is 11.8 Å². The van der Waals surface area contributed by atoms with E-state index in [0.29, 0.717) is 0 Å². The average Bonchev–Trinajstić information content (AvgIpc) is 2.69. The van der Waals surface area contributed by atoms with Gasteiger partial charge in [0.2, 0.25) is 0 Å². The third kappa shape index (κ3) is 1.16. The Morgan fingerprint density at radius 2 is 1.44 bits per heavy atom. The first kappa shape index (κ1) is 14.3. The van der Waals surface area contributed by atoms with Crippen LogP contribution in [-0.2, 0) is 0 Å². The van der Waals surface area contributed by atoms with Gasteiger partial charge in [-0.3, -0.25) is 0 Å². The predicted molar refractivity (Wildman–Crippen MR) is 73.9 cm³/mol. The minimum Gasteiger partial charge on any atom is -0.390 e. The lowest BCUT2D eigenvalue weighted by Gasteiger charge is -2.35. The van der Waals surface area contributed by atoms with Gasteiger partial charge in [-0.15, -0.1) is 23.2 Å². The lowest BCUT2D eigenvalue weighted by Crippen LogP contribution is -2.48. The fourth-order valence-corrected chi connectivity index (χ4v) is 6.65. The summed E-state index contributed by atoms with van der Waals surface area (Å²) in [6, 6.07) is 0. The summed E-state index contributed by atoms with van der Waals surface area (Å²) in [4.78, 5) is -2.85. The summed E-state index contributed by atoms with van der Waals surface area (Å²) in [6.45, 7) is 0. The lowest BCUT2D eigenvalue weighted by molar-refractivity contribution is 0.0148. The fourth-order valence-electron chi connectivity index (χ4n) is 3.56. The summed E-state index contributed by atoms with van der Waals surface area (Å²) in [6.07, 6.45) is -1.79. The van der Waals surface area contributed by atoms with Gasteiger partial charge in [0.05, 0.1) is 22.3 Å². The van der Waals surface area contributed by atoms with Gasteiger partial charge in [0.1, 0.15) is 9.75 Å². The molecule has 102 valence electrons. The molecule has 3 aliphatic carbocycles. The van der Waals surface area contributed by atoms with Crippen LogP contribution in [0.2, 0.25) is 0 Å². The topological polar surface area (TPSA) is 40.5 Å². The Balaban J connectivity index is 2.26. The van der Waals surface area contributed by atoms with E-state index in [9.17, 15) is 10.2 Å². The Morgan fingerprint density at radius 1 is 0.944 bits per heavy atom. The zero-order valence-electron chi connectivity index (χ0n) is 8.68. The number of hydrogen-bond acceptors (Lipinski definition) is 2. The Bertz CT molecular complexity index is 465. The second-order valence-electron chi connectivity index (χ2n) is 5.05. The van der Waals surface area contributed by atoms with Crippen molar-refractivity contribution in [1.29, 1.82) is 0 Å². The summed E-state index contributed by atoms with van der Waals surface area (Å²) in [5.74, 6) is -1.05. The molecule has 0 amide bonds. The molecule has 3 rings (SSSR count). The molecule has 0 aromatic rings. The van der Waals surface area contributed by atoms with E-state index in [2.05, 4.69) is 0 Å². The number of aliphatic hydroxyl groups is 2. The molecule has 6 atom stereocenters. The van der Waals surface area contributed by atoms with Crippen molar-refractivity contribution in [3.63, 3.8) is 0 Å². The molecule has 0 aliphatic heterocycles. The Morgan fingerprint density at radius 3 is 2.00 bits per heavy atom. The normalized spacial score (nSPS) is 57.3. The molecule has 0 heterocycles. The first-order valence-electron chi connectivity index (χ1n) is 5.29. The van der Waals surface area contributed by atoms with Gasteiger partial charge in [-0.1, -0.05) is 46.4 Å². The molecule has 2 fully saturated rings. The van der Waals surface area contributed by atoms with Crippen LogP contribution in [0.1, 0.15) is 6.42 Å². The Hall–Kier alpha value is 1.40. The van der Waals surface area contributed by atoms with Gasteiger partial charge >= 0.3 is 0 Å². The number of halogens is 6. The van der Waals surface area contributed by atoms with E-state index in [0.717, 1.165) is 0 Å². The van der Waals surface area contributed by atoms with Gasteiger partial charge in [0, 0.05) is 5.92 Å². The van der Waals surface area contributed by atoms with Crippen molar-refractivity contribution in [3.05, 3.63) is 10.1 Å². The van der Waals surface area contributed by atoms with Crippen molar-refractivity contribution < 1.29 is 10.2 Å². The molecule has 2 N–H and O–H groups in total. The summed E-state index contributed by atoms with van der Waals surface area (Å²) in [5.41, 5.74) is 0. The summed E-state index contributed by atoms with van der Waals surface area (Å²) < 4.78 is -1.63. The first-order valence-corrected chi connectivity index (χ1v) is 7.56. The van der Waals surface area contributed by atoms with E-state index in [-0.39, 0.29) is 16.5 Å². The number of fused-ring (bicyclic) bond motifs is 5. The largest absolute Gasteiger partial charge is 0.390 e. The highest BCUT2D eigenvalue weighted by Crippen LogP contribution is 2.78. The second kappa shape index (κ2) is 3.78. The third-order valence-electron chi connectivity index (χ3n) is 4.41. The summed E-state index contributed by atoms with van der Waals surface area (Å²) in [7, 11) is 0. The monoisotopic (exact) mass is 370 g/mol. The molecule has 0 aromatic heterocycles. The molecule has 0 saturated heterocycles. The van der Waals surface area contributed by atoms with E-state index in [4.69, 9.17) is 69.6 Å². The zero-order chi connectivity index (χ0) is 13.7. The summed E-state index contributed by atoms with van der Waals surface area (Å²) in [5, 5.41) is 20.0. The van der Waals surface area contributed by atoms with E-state index in [1.165, 1.54) is 0 Å². The minimum atomic E-state index is -1.63. The molecule has 0 radical (unpaired) electrons. The number of hydrogen-bond donors (Lipinski definition) is 2. The van der Waals surface area contributed by atoms with Crippen LogP contribution in [0.25, 0.3) is 0 Å². The van der Waals surface area contributed by atoms with Gasteiger partial charge in [-0.25, -0.2) is 0 Å². The van der Waals surface area contributed by atoms with E-state index in [1.807, 2.05) is 0 Å². The van der Waals surface area contributed by atoms with Crippen LogP contribution < -0.4 is 0 Å². The molecule has 2 nitrogen and oxygen atoms in total. The SMILES string of the molecule is O[C@H]1[C@H]2[C@@H](C[C@@H]1O)[C@]1(Cl)C(Cl)=C(Cl)[C@@]2(Cl)C1(Cl)Cl. The molecular formula is C10H8Cl6O2. The lowest BCUT2D eigenvalue weighted by atomic mass is 9.84.